The van der Waals surface area contributed by atoms with Crippen LogP contribution in [0.5, 0.6) is 0 Å². The normalized spacial score (nSPS) is 18.8. The summed E-state index contributed by atoms with van der Waals surface area (Å²) in [4.78, 5) is 14.4. The molecular formula is C23H24IN6-. The van der Waals surface area contributed by atoms with Gasteiger partial charge in [-0.05, 0) is 0 Å². The summed E-state index contributed by atoms with van der Waals surface area (Å²) in [6.45, 7) is 12.2. The van der Waals surface area contributed by atoms with Crippen LogP contribution in [0.15, 0.2) is 35.2 Å². The molecule has 4 aromatic heterocycles. The fraction of sp³-hybridized carbons (Fsp3) is 0.304. The molecule has 0 aliphatic heterocycles. The van der Waals surface area contributed by atoms with Gasteiger partial charge in [0, 0.05) is 0 Å². The fourth-order valence-corrected chi connectivity index (χ4v) is 5.74. The Morgan fingerprint density at radius 3 is 2.73 bits per heavy atom. The van der Waals surface area contributed by atoms with Crippen molar-refractivity contribution in [1.82, 2.24) is 29.0 Å². The first-order valence-corrected chi connectivity index (χ1v) is 12.4. The van der Waals surface area contributed by atoms with Crippen molar-refractivity contribution in [3.05, 3.63) is 72.9 Å². The number of aryl methyl sites for hydroxylation is 3. The van der Waals surface area contributed by atoms with Crippen LogP contribution in [0.2, 0.25) is 0 Å². The van der Waals surface area contributed by atoms with Crippen LogP contribution < -0.4 is 21.2 Å². The van der Waals surface area contributed by atoms with Gasteiger partial charge in [-0.1, -0.05) is 0 Å². The molecule has 0 unspecified atom stereocenters. The number of imidazole rings is 1. The van der Waals surface area contributed by atoms with E-state index in [1.165, 1.54) is 20.5 Å². The summed E-state index contributed by atoms with van der Waals surface area (Å²) in [7, 11) is 0. The summed E-state index contributed by atoms with van der Waals surface area (Å²) in [6.07, 6.45) is 9.32. The minimum atomic E-state index is -0.214. The van der Waals surface area contributed by atoms with Gasteiger partial charge in [0.25, 0.3) is 0 Å². The maximum absolute atomic E-state index is 5.12. The van der Waals surface area contributed by atoms with E-state index < -0.39 is 0 Å². The molecule has 5 rings (SSSR count). The number of aromatic nitrogens is 6. The quantitative estimate of drug-likeness (QED) is 0.381. The average Bonchev–Trinajstić information content (AvgIpc) is 3.26. The Morgan fingerprint density at radius 1 is 1.17 bits per heavy atom. The molecule has 0 spiro atoms. The van der Waals surface area contributed by atoms with Crippen LogP contribution in [0.25, 0.3) is 17.4 Å². The summed E-state index contributed by atoms with van der Waals surface area (Å²) in [6, 6.07) is 2.22. The first-order valence-electron chi connectivity index (χ1n) is 10.1. The number of rotatable bonds is 5. The second-order valence-electron chi connectivity index (χ2n) is 7.76. The average molecular weight is 511 g/mol. The van der Waals surface area contributed by atoms with Crippen LogP contribution in [0.3, 0.4) is 0 Å². The van der Waals surface area contributed by atoms with Gasteiger partial charge in [-0.25, -0.2) is 0 Å². The Kier molecular flexibility index (Phi) is 4.72. The van der Waals surface area contributed by atoms with Gasteiger partial charge in [0.2, 0.25) is 0 Å². The van der Waals surface area contributed by atoms with Crippen LogP contribution in [0.4, 0.5) is 0 Å². The van der Waals surface area contributed by atoms with Gasteiger partial charge in [-0.2, -0.15) is 0 Å². The molecule has 0 bridgehead atoms. The van der Waals surface area contributed by atoms with Crippen molar-refractivity contribution < 1.29 is 21.2 Å². The Labute approximate surface area is 186 Å². The SMILES string of the molecule is C=C[I-]c1ccn2c(C)c([C@@H]3C[C@H]3c3nc4c(C)ncc(C)n4n3)nc2c1/C=C\C. The van der Waals surface area contributed by atoms with Crippen LogP contribution in [0.1, 0.15) is 59.3 Å². The number of halogens is 1. The molecule has 6 nitrogen and oxygen atoms in total. The first-order chi connectivity index (χ1) is 14.5. The molecule has 0 aromatic carbocycles. The maximum atomic E-state index is 5.12. The monoisotopic (exact) mass is 511 g/mol. The van der Waals surface area contributed by atoms with Crippen molar-refractivity contribution in [3.63, 3.8) is 0 Å². The molecule has 1 aliphatic carbocycles. The van der Waals surface area contributed by atoms with E-state index in [9.17, 15) is 0 Å². The molecule has 1 aliphatic rings. The predicted octanol–water partition coefficient (Wildman–Crippen LogP) is 1.40. The van der Waals surface area contributed by atoms with Gasteiger partial charge in [0.15, 0.2) is 0 Å². The third-order valence-corrected chi connectivity index (χ3v) is 7.83. The second-order valence-corrected chi connectivity index (χ2v) is 10.4. The summed E-state index contributed by atoms with van der Waals surface area (Å²) in [5, 5.41) is 4.79. The zero-order valence-corrected chi connectivity index (χ0v) is 19.8. The summed E-state index contributed by atoms with van der Waals surface area (Å²) >= 11 is -0.214. The zero-order valence-electron chi connectivity index (χ0n) is 17.6. The van der Waals surface area contributed by atoms with Gasteiger partial charge in [-0.15, -0.1) is 0 Å². The molecule has 1 saturated carbocycles. The molecule has 7 heteroatoms. The van der Waals surface area contributed by atoms with E-state index in [-0.39, 0.29) is 21.2 Å². The minimum absolute atomic E-state index is 0.214. The molecule has 0 saturated heterocycles. The number of nitrogens with zero attached hydrogens (tertiary/aromatic N) is 6. The summed E-state index contributed by atoms with van der Waals surface area (Å²) in [5.74, 6) is 1.59. The number of hydrogen-bond donors (Lipinski definition) is 0. The van der Waals surface area contributed by atoms with Gasteiger partial charge in [0.05, 0.1) is 0 Å². The van der Waals surface area contributed by atoms with Crippen LogP contribution in [-0.4, -0.2) is 29.0 Å². The second kappa shape index (κ2) is 7.30. The molecule has 0 amide bonds. The third kappa shape index (κ3) is 2.98. The number of fused-ring (bicyclic) bond motifs is 2. The Balaban J connectivity index is 1.56. The van der Waals surface area contributed by atoms with E-state index >= 15 is 0 Å². The zero-order chi connectivity index (χ0) is 21.0. The van der Waals surface area contributed by atoms with Crippen molar-refractivity contribution in [2.45, 2.75) is 46.0 Å². The van der Waals surface area contributed by atoms with Gasteiger partial charge in [-0.3, -0.25) is 0 Å². The van der Waals surface area contributed by atoms with Gasteiger partial charge < -0.3 is 0 Å². The Morgan fingerprint density at radius 2 is 2.00 bits per heavy atom. The van der Waals surface area contributed by atoms with E-state index in [0.717, 1.165) is 34.9 Å². The number of allylic oxidation sites excluding steroid dienone is 1. The topological polar surface area (TPSA) is 60.4 Å². The van der Waals surface area contributed by atoms with E-state index in [1.54, 1.807) is 0 Å². The standard InChI is InChI=1S/C23H24IN6/c1-6-8-16-19(24-7-2)9-10-29-15(5)20(26-23(16)29)17-11-18(17)21-27-22-14(4)25-12-13(3)30(22)28-21/h6-10,12,17-18H,2,11H2,1,3-5H3/q-1/b8-6-/t17-,18-/m1/s1. The van der Waals surface area contributed by atoms with Crippen molar-refractivity contribution >= 4 is 17.4 Å². The molecular weight excluding hydrogens is 487 g/mol. The van der Waals surface area contributed by atoms with E-state index in [1.807, 2.05) is 24.6 Å². The Bertz CT molecular complexity index is 1290. The van der Waals surface area contributed by atoms with Crippen molar-refractivity contribution in [1.29, 1.82) is 0 Å². The molecule has 1 fully saturated rings. The molecule has 4 aromatic rings. The third-order valence-electron chi connectivity index (χ3n) is 5.78. The number of hydrogen-bond acceptors (Lipinski definition) is 4. The van der Waals surface area contributed by atoms with Crippen LogP contribution in [0, 0.1) is 24.3 Å². The van der Waals surface area contributed by atoms with Crippen molar-refractivity contribution in [2.75, 3.05) is 0 Å². The van der Waals surface area contributed by atoms with Crippen LogP contribution in [-0.2, 0) is 0 Å². The van der Waals surface area contributed by atoms with Gasteiger partial charge in [0.1, 0.15) is 0 Å². The molecule has 30 heavy (non-hydrogen) atoms. The van der Waals surface area contributed by atoms with E-state index in [2.05, 4.69) is 58.3 Å². The first kappa shape index (κ1) is 19.4. The molecule has 0 N–H and O–H groups in total. The molecule has 4 heterocycles. The fourth-order valence-electron chi connectivity index (χ4n) is 4.14. The summed E-state index contributed by atoms with van der Waals surface area (Å²) in [5.41, 5.74) is 7.43. The molecule has 154 valence electrons. The van der Waals surface area contributed by atoms with Crippen molar-refractivity contribution in [2.24, 2.45) is 0 Å². The van der Waals surface area contributed by atoms with E-state index in [0.29, 0.717) is 11.8 Å². The molecule has 0 radical (unpaired) electrons. The van der Waals surface area contributed by atoms with Crippen molar-refractivity contribution in [3.8, 4) is 0 Å². The molecule has 2 atom stereocenters. The Hall–Kier alpha value is -2.55. The van der Waals surface area contributed by atoms with Crippen LogP contribution >= 0.6 is 0 Å². The number of pyridine rings is 1. The van der Waals surface area contributed by atoms with Gasteiger partial charge >= 0.3 is 186 Å². The summed E-state index contributed by atoms with van der Waals surface area (Å²) < 4.78 is 7.56. The van der Waals surface area contributed by atoms with E-state index in [4.69, 9.17) is 15.1 Å². The predicted molar refractivity (Wildman–Crippen MR) is 114 cm³/mol.